The van der Waals surface area contributed by atoms with Crippen molar-refractivity contribution >= 4 is 56.8 Å². The van der Waals surface area contributed by atoms with E-state index < -0.39 is 42.4 Å². The van der Waals surface area contributed by atoms with E-state index in [0.29, 0.717) is 15.7 Å². The topological polar surface area (TPSA) is 108 Å². The average molecular weight is 577 g/mol. The second kappa shape index (κ2) is 11.1. The third-order valence-electron chi connectivity index (χ3n) is 5.56. The lowest BCUT2D eigenvalue weighted by Crippen LogP contribution is -2.48. The minimum absolute atomic E-state index is 0.00867. The molecule has 0 spiro atoms. The summed E-state index contributed by atoms with van der Waals surface area (Å²) >= 11 is 9.01. The maximum Gasteiger partial charge on any atom is 0.415 e. The Balaban J connectivity index is 1.53. The van der Waals surface area contributed by atoms with Crippen LogP contribution in [0.5, 0.6) is 0 Å². The van der Waals surface area contributed by atoms with Crippen LogP contribution in [0.15, 0.2) is 71.2 Å². The number of hydrogen-bond donors (Lipinski definition) is 3. The lowest BCUT2D eigenvalue weighted by atomic mass is 10.0. The first kappa shape index (κ1) is 25.6. The van der Waals surface area contributed by atoms with Crippen molar-refractivity contribution in [3.05, 3.63) is 93.2 Å². The molecule has 3 aromatic carbocycles. The Bertz CT molecular complexity index is 1310. The third-order valence-corrected chi connectivity index (χ3v) is 6.36. The molecule has 1 aliphatic heterocycles. The van der Waals surface area contributed by atoms with Gasteiger partial charge in [0.25, 0.3) is 0 Å². The molecule has 186 valence electrons. The molecule has 1 heterocycles. The zero-order valence-corrected chi connectivity index (χ0v) is 20.9. The number of nitrogens with zero attached hydrogens (tertiary/aromatic N) is 1. The van der Waals surface area contributed by atoms with Crippen LogP contribution < -0.4 is 15.5 Å². The molecule has 0 radical (unpaired) electrons. The summed E-state index contributed by atoms with van der Waals surface area (Å²) in [6.45, 7) is -0.517. The van der Waals surface area contributed by atoms with E-state index in [1.807, 2.05) is 18.2 Å². The predicted octanol–water partition coefficient (Wildman–Crippen LogP) is 4.56. The number of aliphatic hydroxyl groups excluding tert-OH is 1. The van der Waals surface area contributed by atoms with Crippen LogP contribution in [-0.4, -0.2) is 35.7 Å². The Hall–Kier alpha value is -3.47. The second-order valence-corrected chi connectivity index (χ2v) is 9.22. The quantitative estimate of drug-likeness (QED) is 0.386. The first-order valence-corrected chi connectivity index (χ1v) is 11.9. The number of halogens is 3. The Kier molecular flexibility index (Phi) is 7.88. The fourth-order valence-electron chi connectivity index (χ4n) is 3.88. The second-order valence-electron chi connectivity index (χ2n) is 7.90. The highest BCUT2D eigenvalue weighted by Gasteiger charge is 2.43. The van der Waals surface area contributed by atoms with Gasteiger partial charge in [-0.3, -0.25) is 14.5 Å². The van der Waals surface area contributed by atoms with E-state index in [4.69, 9.17) is 16.3 Å². The molecule has 0 fully saturated rings. The highest BCUT2D eigenvalue weighted by molar-refractivity contribution is 9.10. The summed E-state index contributed by atoms with van der Waals surface area (Å²) in [6.07, 6.45) is -0.727. The molecule has 0 saturated heterocycles. The molecule has 2 atom stereocenters. The number of rotatable bonds is 5. The van der Waals surface area contributed by atoms with Gasteiger partial charge in [0.15, 0.2) is 0 Å². The number of nitrogens with one attached hydrogen (secondary N) is 2. The molecule has 0 saturated carbocycles. The lowest BCUT2D eigenvalue weighted by molar-refractivity contribution is -0.136. The van der Waals surface area contributed by atoms with E-state index in [1.165, 1.54) is 17.0 Å². The number of carbonyl (C=O) groups is 3. The van der Waals surface area contributed by atoms with Crippen LogP contribution in [0.25, 0.3) is 0 Å². The van der Waals surface area contributed by atoms with Gasteiger partial charge in [0.05, 0.1) is 29.4 Å². The van der Waals surface area contributed by atoms with Gasteiger partial charge in [-0.05, 0) is 35.9 Å². The molecular weight excluding hydrogens is 557 g/mol. The van der Waals surface area contributed by atoms with Crippen LogP contribution >= 0.6 is 27.5 Å². The van der Waals surface area contributed by atoms with Crippen molar-refractivity contribution in [2.24, 2.45) is 0 Å². The van der Waals surface area contributed by atoms with Gasteiger partial charge in [0.2, 0.25) is 0 Å². The maximum absolute atomic E-state index is 13.7. The molecule has 1 aliphatic rings. The number of fused-ring (bicyclic) bond motifs is 1. The summed E-state index contributed by atoms with van der Waals surface area (Å²) in [5.74, 6) is -2.85. The molecule has 4 rings (SSSR count). The fourth-order valence-corrected chi connectivity index (χ4v) is 4.34. The molecule has 0 aromatic heterocycles. The van der Waals surface area contributed by atoms with Gasteiger partial charge in [0, 0.05) is 15.7 Å². The van der Waals surface area contributed by atoms with Gasteiger partial charge < -0.3 is 20.5 Å². The Morgan fingerprint density at radius 2 is 1.81 bits per heavy atom. The molecular formula is C25H20BrClFN3O5. The highest BCUT2D eigenvalue weighted by Crippen LogP contribution is 2.41. The van der Waals surface area contributed by atoms with Gasteiger partial charge in [-0.2, -0.15) is 0 Å². The summed E-state index contributed by atoms with van der Waals surface area (Å²) in [6, 6.07) is 15.8. The van der Waals surface area contributed by atoms with E-state index in [9.17, 15) is 23.9 Å². The van der Waals surface area contributed by atoms with Crippen LogP contribution in [0.3, 0.4) is 0 Å². The molecule has 3 N–H and O–H groups in total. The predicted molar refractivity (Wildman–Crippen MR) is 135 cm³/mol. The first-order valence-electron chi connectivity index (χ1n) is 10.8. The number of carbonyl (C=O) groups excluding carboxylic acids is 3. The fraction of sp³-hybridized carbons (Fsp3) is 0.160. The molecule has 0 aliphatic carbocycles. The number of hydrogen-bond acceptors (Lipinski definition) is 5. The zero-order valence-electron chi connectivity index (χ0n) is 18.6. The van der Waals surface area contributed by atoms with Crippen molar-refractivity contribution in [1.82, 2.24) is 5.32 Å². The van der Waals surface area contributed by atoms with Crippen molar-refractivity contribution < 1.29 is 28.6 Å². The molecule has 11 heteroatoms. The largest absolute Gasteiger partial charge is 0.444 e. The van der Waals surface area contributed by atoms with Gasteiger partial charge in [-0.15, -0.1) is 0 Å². The van der Waals surface area contributed by atoms with Crippen molar-refractivity contribution in [2.75, 3.05) is 16.8 Å². The van der Waals surface area contributed by atoms with Crippen molar-refractivity contribution in [2.45, 2.75) is 18.7 Å². The van der Waals surface area contributed by atoms with E-state index in [2.05, 4.69) is 26.6 Å². The van der Waals surface area contributed by atoms with E-state index >= 15 is 0 Å². The van der Waals surface area contributed by atoms with E-state index in [1.54, 1.807) is 30.3 Å². The molecule has 3 aromatic rings. The standard InChI is InChI=1S/C25H20BrClFN3O5/c26-15-6-8-17-20(10-15)31(25(35)36-13-14-4-2-1-3-5-14)21(12-32)22(17)30-24(34)23(33)29-16-7-9-18(27)19(28)11-16/h1-11,21-22,32H,12-13H2,(H,29,33)(H,30,34)/t21-,22+/m1/s1. The van der Waals surface area contributed by atoms with Crippen LogP contribution in [0.1, 0.15) is 17.2 Å². The van der Waals surface area contributed by atoms with Crippen LogP contribution in [0.2, 0.25) is 5.02 Å². The average Bonchev–Trinajstić information content (AvgIpc) is 3.17. The first-order chi connectivity index (χ1) is 17.3. The lowest BCUT2D eigenvalue weighted by Gasteiger charge is -2.27. The molecule has 0 unspecified atom stereocenters. The normalized spacial score (nSPS) is 16.3. The Labute approximate surface area is 219 Å². The number of amides is 3. The molecule has 0 bridgehead atoms. The van der Waals surface area contributed by atoms with Gasteiger partial charge in [0.1, 0.15) is 12.4 Å². The minimum Gasteiger partial charge on any atom is -0.444 e. The van der Waals surface area contributed by atoms with E-state index in [0.717, 1.165) is 11.6 Å². The number of aliphatic hydroxyl groups is 1. The van der Waals surface area contributed by atoms with Crippen molar-refractivity contribution in [1.29, 1.82) is 0 Å². The van der Waals surface area contributed by atoms with Crippen LogP contribution in [0.4, 0.5) is 20.6 Å². The summed E-state index contributed by atoms with van der Waals surface area (Å²) < 4.78 is 19.8. The highest BCUT2D eigenvalue weighted by atomic mass is 79.9. The monoisotopic (exact) mass is 575 g/mol. The van der Waals surface area contributed by atoms with Gasteiger partial charge in [-0.25, -0.2) is 9.18 Å². The molecule has 36 heavy (non-hydrogen) atoms. The Morgan fingerprint density at radius 3 is 2.50 bits per heavy atom. The smallest absolute Gasteiger partial charge is 0.415 e. The van der Waals surface area contributed by atoms with E-state index in [-0.39, 0.29) is 17.3 Å². The Morgan fingerprint density at radius 1 is 1.06 bits per heavy atom. The van der Waals surface area contributed by atoms with Crippen LogP contribution in [-0.2, 0) is 20.9 Å². The molecule has 8 nitrogen and oxygen atoms in total. The number of ether oxygens (including phenoxy) is 1. The minimum atomic E-state index is -1.06. The van der Waals surface area contributed by atoms with Gasteiger partial charge >= 0.3 is 17.9 Å². The van der Waals surface area contributed by atoms with Crippen molar-refractivity contribution in [3.63, 3.8) is 0 Å². The zero-order chi connectivity index (χ0) is 25.8. The SMILES string of the molecule is O=C(Nc1ccc(Cl)c(F)c1)C(=O)N[C@H]1c2ccc(Br)cc2N(C(=O)OCc2ccccc2)[C@@H]1CO. The summed E-state index contributed by atoms with van der Waals surface area (Å²) in [5.41, 5.74) is 1.73. The molecule has 3 amide bonds. The summed E-state index contributed by atoms with van der Waals surface area (Å²) in [5, 5.41) is 14.9. The summed E-state index contributed by atoms with van der Waals surface area (Å²) in [4.78, 5) is 39.5. The maximum atomic E-state index is 13.7. The van der Waals surface area contributed by atoms with Gasteiger partial charge in [-0.1, -0.05) is 63.9 Å². The number of benzene rings is 3. The number of anilines is 2. The third kappa shape index (κ3) is 5.51. The van der Waals surface area contributed by atoms with Crippen LogP contribution in [0, 0.1) is 5.82 Å². The summed E-state index contributed by atoms with van der Waals surface area (Å²) in [7, 11) is 0. The van der Waals surface area contributed by atoms with Crippen molar-refractivity contribution in [3.8, 4) is 0 Å².